The molecule has 1 aliphatic heterocycles. The molecule has 4 rings (SSSR count). The van der Waals surface area contributed by atoms with Gasteiger partial charge in [0.05, 0.1) is 19.1 Å². The van der Waals surface area contributed by atoms with Crippen LogP contribution in [-0.4, -0.2) is 30.1 Å². The molecule has 0 aliphatic carbocycles. The number of ether oxygens (including phenoxy) is 2. The molecule has 0 aromatic heterocycles. The average Bonchev–Trinajstić information content (AvgIpc) is 3.06. The number of methoxy groups -OCH3 is 1. The van der Waals surface area contributed by atoms with Gasteiger partial charge >= 0.3 is 6.09 Å². The molecule has 3 aromatic rings. The highest BCUT2D eigenvalue weighted by Crippen LogP contribution is 2.35. The Morgan fingerprint density at radius 3 is 2.45 bits per heavy atom. The summed E-state index contributed by atoms with van der Waals surface area (Å²) in [6, 6.07) is 20.8. The lowest BCUT2D eigenvalue weighted by atomic mass is 9.95. The number of hydrogen-bond acceptors (Lipinski definition) is 4. The molecule has 0 radical (unpaired) electrons. The fourth-order valence-electron chi connectivity index (χ4n) is 3.84. The molecule has 3 atom stereocenters. The van der Waals surface area contributed by atoms with Crippen LogP contribution in [0.2, 0.25) is 0 Å². The molecule has 0 N–H and O–H groups in total. The minimum atomic E-state index is -0.589. The van der Waals surface area contributed by atoms with Crippen LogP contribution in [0.3, 0.4) is 0 Å². The number of fused-ring (bicyclic) bond motifs is 1. The molecule has 29 heavy (non-hydrogen) atoms. The number of imide groups is 1. The zero-order valence-electron chi connectivity index (χ0n) is 16.7. The Kier molecular flexibility index (Phi) is 4.97. The summed E-state index contributed by atoms with van der Waals surface area (Å²) in [5.74, 6) is 0.0646. The van der Waals surface area contributed by atoms with Crippen molar-refractivity contribution in [1.29, 1.82) is 0 Å². The lowest BCUT2D eigenvalue weighted by Crippen LogP contribution is -2.40. The van der Waals surface area contributed by atoms with E-state index in [1.165, 1.54) is 4.90 Å². The van der Waals surface area contributed by atoms with Gasteiger partial charge in [-0.25, -0.2) is 9.69 Å². The van der Waals surface area contributed by atoms with Crippen LogP contribution >= 0.6 is 0 Å². The number of amides is 2. The monoisotopic (exact) mass is 389 g/mol. The maximum Gasteiger partial charge on any atom is 0.417 e. The van der Waals surface area contributed by atoms with Gasteiger partial charge in [0.25, 0.3) is 0 Å². The smallest absolute Gasteiger partial charge is 0.417 e. The summed E-state index contributed by atoms with van der Waals surface area (Å²) in [6.45, 7) is 3.67. The Morgan fingerprint density at radius 2 is 1.72 bits per heavy atom. The van der Waals surface area contributed by atoms with E-state index < -0.39 is 18.1 Å². The van der Waals surface area contributed by atoms with E-state index in [1.807, 2.05) is 80.6 Å². The van der Waals surface area contributed by atoms with Crippen LogP contribution in [0.1, 0.15) is 37.0 Å². The van der Waals surface area contributed by atoms with Crippen LogP contribution in [0.4, 0.5) is 4.79 Å². The Bertz CT molecular complexity index is 1060. The summed E-state index contributed by atoms with van der Waals surface area (Å²) in [5.41, 5.74) is 1.74. The highest BCUT2D eigenvalue weighted by molar-refractivity contribution is 5.98. The van der Waals surface area contributed by atoms with Gasteiger partial charge in [0.15, 0.2) is 0 Å². The van der Waals surface area contributed by atoms with Crippen LogP contribution in [0.15, 0.2) is 66.7 Å². The van der Waals surface area contributed by atoms with Crippen LogP contribution in [0, 0.1) is 0 Å². The summed E-state index contributed by atoms with van der Waals surface area (Å²) >= 11 is 0. The Labute approximate surface area is 169 Å². The first-order chi connectivity index (χ1) is 14.0. The van der Waals surface area contributed by atoms with Crippen LogP contribution in [-0.2, 0) is 9.53 Å². The van der Waals surface area contributed by atoms with Crippen molar-refractivity contribution in [2.75, 3.05) is 7.11 Å². The predicted molar refractivity (Wildman–Crippen MR) is 111 cm³/mol. The van der Waals surface area contributed by atoms with Gasteiger partial charge in [0.2, 0.25) is 5.91 Å². The molecule has 2 amide bonds. The molecule has 0 spiro atoms. The normalized spacial score (nSPS) is 19.8. The quantitative estimate of drug-likeness (QED) is 0.626. The van der Waals surface area contributed by atoms with E-state index in [1.54, 1.807) is 7.11 Å². The van der Waals surface area contributed by atoms with Crippen molar-refractivity contribution in [1.82, 2.24) is 4.90 Å². The molecule has 1 heterocycles. The second kappa shape index (κ2) is 7.59. The molecule has 1 unspecified atom stereocenters. The third-order valence-electron chi connectivity index (χ3n) is 5.58. The van der Waals surface area contributed by atoms with Crippen molar-refractivity contribution in [2.45, 2.75) is 31.9 Å². The minimum Gasteiger partial charge on any atom is -0.497 e. The Balaban J connectivity index is 1.58. The first-order valence-corrected chi connectivity index (χ1v) is 9.66. The van der Waals surface area contributed by atoms with Crippen molar-refractivity contribution in [2.24, 2.45) is 0 Å². The molecular weight excluding hydrogens is 366 g/mol. The van der Waals surface area contributed by atoms with Crippen molar-refractivity contribution >= 4 is 22.8 Å². The van der Waals surface area contributed by atoms with Crippen molar-refractivity contribution in [3.05, 3.63) is 77.9 Å². The molecule has 3 aromatic carbocycles. The first kappa shape index (κ1) is 19.0. The van der Waals surface area contributed by atoms with E-state index in [2.05, 4.69) is 0 Å². The maximum atomic E-state index is 13.2. The van der Waals surface area contributed by atoms with E-state index in [0.29, 0.717) is 0 Å². The van der Waals surface area contributed by atoms with Gasteiger partial charge < -0.3 is 9.47 Å². The molecule has 1 saturated heterocycles. The van der Waals surface area contributed by atoms with E-state index in [0.717, 1.165) is 27.6 Å². The number of hydrogen-bond donors (Lipinski definition) is 0. The molecule has 5 nitrogen and oxygen atoms in total. The third kappa shape index (κ3) is 3.44. The number of rotatable bonds is 4. The van der Waals surface area contributed by atoms with Gasteiger partial charge in [-0.3, -0.25) is 4.79 Å². The fraction of sp³-hybridized carbons (Fsp3) is 0.250. The Hall–Kier alpha value is -3.34. The van der Waals surface area contributed by atoms with E-state index in [4.69, 9.17) is 9.47 Å². The summed E-state index contributed by atoms with van der Waals surface area (Å²) in [4.78, 5) is 26.9. The van der Waals surface area contributed by atoms with Crippen molar-refractivity contribution in [3.63, 3.8) is 0 Å². The topological polar surface area (TPSA) is 55.8 Å². The zero-order chi connectivity index (χ0) is 20.5. The predicted octanol–water partition coefficient (Wildman–Crippen LogP) is 5.06. The van der Waals surface area contributed by atoms with Crippen LogP contribution in [0.25, 0.3) is 10.8 Å². The fourth-order valence-corrected chi connectivity index (χ4v) is 3.84. The van der Waals surface area contributed by atoms with Crippen LogP contribution in [0.5, 0.6) is 5.75 Å². The van der Waals surface area contributed by atoms with E-state index in [9.17, 15) is 9.59 Å². The highest BCUT2D eigenvalue weighted by Gasteiger charge is 2.44. The average molecular weight is 389 g/mol. The number of benzene rings is 3. The van der Waals surface area contributed by atoms with Gasteiger partial charge in [-0.2, -0.15) is 0 Å². The van der Waals surface area contributed by atoms with E-state index in [-0.39, 0.29) is 11.9 Å². The van der Waals surface area contributed by atoms with Crippen molar-refractivity contribution < 1.29 is 19.1 Å². The second-order valence-corrected chi connectivity index (χ2v) is 7.36. The number of nitrogens with zero attached hydrogens (tertiary/aromatic N) is 1. The van der Waals surface area contributed by atoms with E-state index >= 15 is 0 Å². The van der Waals surface area contributed by atoms with Gasteiger partial charge in [0, 0.05) is 0 Å². The summed E-state index contributed by atoms with van der Waals surface area (Å²) in [5, 5.41) is 2.05. The number of carbonyl (C=O) groups is 2. The van der Waals surface area contributed by atoms with Gasteiger partial charge in [-0.05, 0) is 47.9 Å². The largest absolute Gasteiger partial charge is 0.497 e. The lowest BCUT2D eigenvalue weighted by Gasteiger charge is -2.23. The molecule has 0 bridgehead atoms. The SMILES string of the molecule is COc1ccc2cc(C(C)C(=O)N3C(=O)O[C@H](c4ccccc4)[C@@H]3C)ccc2c1. The molecule has 5 heteroatoms. The highest BCUT2D eigenvalue weighted by atomic mass is 16.6. The molecular formula is C24H23NO4. The summed E-state index contributed by atoms with van der Waals surface area (Å²) in [7, 11) is 1.63. The third-order valence-corrected chi connectivity index (χ3v) is 5.58. The number of carbonyl (C=O) groups excluding carboxylic acids is 2. The van der Waals surface area contributed by atoms with Crippen LogP contribution < -0.4 is 4.74 Å². The lowest BCUT2D eigenvalue weighted by molar-refractivity contribution is -0.130. The van der Waals surface area contributed by atoms with Gasteiger partial charge in [-0.1, -0.05) is 54.6 Å². The summed E-state index contributed by atoms with van der Waals surface area (Å²) < 4.78 is 10.8. The molecule has 0 saturated carbocycles. The summed E-state index contributed by atoms with van der Waals surface area (Å²) in [6.07, 6.45) is -1.04. The van der Waals surface area contributed by atoms with Gasteiger partial charge in [-0.15, -0.1) is 0 Å². The second-order valence-electron chi connectivity index (χ2n) is 7.36. The van der Waals surface area contributed by atoms with Gasteiger partial charge in [0.1, 0.15) is 11.9 Å². The van der Waals surface area contributed by atoms with Crippen molar-refractivity contribution in [3.8, 4) is 5.75 Å². The molecule has 1 fully saturated rings. The Morgan fingerprint density at radius 1 is 1.03 bits per heavy atom. The molecule has 148 valence electrons. The minimum absolute atomic E-state index is 0.256. The zero-order valence-corrected chi connectivity index (χ0v) is 16.7. The maximum absolute atomic E-state index is 13.2. The molecule has 1 aliphatic rings. The standard InChI is InChI=1S/C24H23NO4/c1-15(18-9-10-20-14-21(28-3)12-11-19(20)13-18)23(26)25-16(2)22(29-24(25)27)17-7-5-4-6-8-17/h4-16,22H,1-3H3/t15?,16-,22-/m0/s1. The number of cyclic esters (lactones) is 1. The first-order valence-electron chi connectivity index (χ1n) is 9.66.